The summed E-state index contributed by atoms with van der Waals surface area (Å²) >= 11 is 5.57. The number of benzene rings is 1. The third-order valence-electron chi connectivity index (χ3n) is 1.85. The van der Waals surface area contributed by atoms with Gasteiger partial charge >= 0.3 is 12.1 Å². The van der Waals surface area contributed by atoms with Crippen molar-refractivity contribution in [3.05, 3.63) is 28.8 Å². The van der Waals surface area contributed by atoms with Crippen molar-refractivity contribution >= 4 is 29.2 Å². The van der Waals surface area contributed by atoms with Gasteiger partial charge in [0.05, 0.1) is 11.3 Å². The smallest absolute Gasteiger partial charge is 0.397 e. The number of alkyl halides is 3. The molecule has 1 rings (SSSR count). The number of aromatic carboxylic acids is 1. The molecule has 0 aliphatic heterocycles. The summed E-state index contributed by atoms with van der Waals surface area (Å²) in [7, 11) is 0. The van der Waals surface area contributed by atoms with Crippen LogP contribution in [0.3, 0.4) is 0 Å². The van der Waals surface area contributed by atoms with Gasteiger partial charge in [0, 0.05) is 5.02 Å². The minimum Gasteiger partial charge on any atom is -0.478 e. The van der Waals surface area contributed by atoms with Crippen molar-refractivity contribution < 1.29 is 27.9 Å². The van der Waals surface area contributed by atoms with E-state index in [9.17, 15) is 22.8 Å². The fourth-order valence-electron chi connectivity index (χ4n) is 1.18. The molecule has 1 aromatic carbocycles. The van der Waals surface area contributed by atoms with E-state index < -0.39 is 24.5 Å². The van der Waals surface area contributed by atoms with E-state index in [-0.39, 0.29) is 16.3 Å². The number of carboxylic acids is 1. The first kappa shape index (κ1) is 14.3. The Kier molecular flexibility index (Phi) is 4.18. The van der Waals surface area contributed by atoms with Gasteiger partial charge in [-0.2, -0.15) is 13.2 Å². The van der Waals surface area contributed by atoms with Crippen LogP contribution in [0.5, 0.6) is 0 Å². The van der Waals surface area contributed by atoms with E-state index in [0.717, 1.165) is 12.1 Å². The van der Waals surface area contributed by atoms with Gasteiger partial charge in [0.25, 0.3) is 0 Å². The van der Waals surface area contributed by atoms with Crippen LogP contribution in [0.2, 0.25) is 5.02 Å². The molecule has 0 bridgehead atoms. The molecule has 18 heavy (non-hydrogen) atoms. The van der Waals surface area contributed by atoms with Crippen molar-refractivity contribution in [2.75, 3.05) is 5.32 Å². The summed E-state index contributed by atoms with van der Waals surface area (Å²) in [4.78, 5) is 21.8. The molecule has 4 nitrogen and oxygen atoms in total. The predicted molar refractivity (Wildman–Crippen MR) is 57.7 cm³/mol. The number of rotatable bonds is 3. The highest BCUT2D eigenvalue weighted by atomic mass is 35.5. The molecule has 0 saturated carbocycles. The van der Waals surface area contributed by atoms with E-state index >= 15 is 0 Å². The molecule has 1 amide bonds. The molecule has 0 spiro atoms. The number of carbonyl (C=O) groups is 2. The Morgan fingerprint density at radius 2 is 1.94 bits per heavy atom. The Hall–Kier alpha value is -1.76. The summed E-state index contributed by atoms with van der Waals surface area (Å²) in [6, 6.07) is 3.41. The first-order valence-electron chi connectivity index (χ1n) is 4.58. The largest absolute Gasteiger partial charge is 0.478 e. The number of carboxylic acid groups (broad SMARTS) is 1. The maximum absolute atomic E-state index is 11.9. The van der Waals surface area contributed by atoms with Crippen LogP contribution < -0.4 is 5.32 Å². The second kappa shape index (κ2) is 5.26. The van der Waals surface area contributed by atoms with E-state index in [4.69, 9.17) is 16.7 Å². The molecule has 1 aromatic rings. The molecule has 0 radical (unpaired) electrons. The minimum absolute atomic E-state index is 0.0994. The van der Waals surface area contributed by atoms with Crippen LogP contribution in [0.4, 0.5) is 18.9 Å². The third-order valence-corrected chi connectivity index (χ3v) is 2.08. The van der Waals surface area contributed by atoms with Gasteiger partial charge in [-0.3, -0.25) is 4.79 Å². The van der Waals surface area contributed by atoms with Crippen molar-refractivity contribution in [1.29, 1.82) is 0 Å². The van der Waals surface area contributed by atoms with Crippen LogP contribution >= 0.6 is 11.6 Å². The lowest BCUT2D eigenvalue weighted by molar-refractivity contribution is -0.150. The van der Waals surface area contributed by atoms with Crippen molar-refractivity contribution in [2.45, 2.75) is 12.6 Å². The number of carbonyl (C=O) groups excluding carboxylic acids is 1. The van der Waals surface area contributed by atoms with Crippen LogP contribution in [0.1, 0.15) is 16.8 Å². The van der Waals surface area contributed by atoms with Gasteiger partial charge in [-0.15, -0.1) is 0 Å². The van der Waals surface area contributed by atoms with Crippen LogP contribution in [0.25, 0.3) is 0 Å². The van der Waals surface area contributed by atoms with Gasteiger partial charge in [0.2, 0.25) is 5.91 Å². The van der Waals surface area contributed by atoms with Crippen molar-refractivity contribution in [2.24, 2.45) is 0 Å². The Bertz CT molecular complexity index is 488. The summed E-state index contributed by atoms with van der Waals surface area (Å²) in [5, 5.41) is 10.7. The highest BCUT2D eigenvalue weighted by Gasteiger charge is 2.31. The van der Waals surface area contributed by atoms with Crippen molar-refractivity contribution in [1.82, 2.24) is 0 Å². The molecule has 0 heterocycles. The zero-order valence-corrected chi connectivity index (χ0v) is 9.47. The standard InChI is InChI=1S/C10H7ClF3NO3/c11-5-1-2-6(9(17)18)7(3-5)15-8(16)4-10(12,13)14/h1-3H,4H2,(H,15,16)(H,17,18). The maximum Gasteiger partial charge on any atom is 0.397 e. The van der Waals surface area contributed by atoms with E-state index in [0.29, 0.717) is 0 Å². The normalized spacial score (nSPS) is 11.1. The summed E-state index contributed by atoms with van der Waals surface area (Å²) in [5.41, 5.74) is -0.612. The van der Waals surface area contributed by atoms with Gasteiger partial charge in [-0.05, 0) is 18.2 Å². The highest BCUT2D eigenvalue weighted by molar-refractivity contribution is 6.31. The second-order valence-electron chi connectivity index (χ2n) is 3.34. The molecule has 0 aliphatic carbocycles. The lowest BCUT2D eigenvalue weighted by atomic mass is 10.1. The van der Waals surface area contributed by atoms with Crippen molar-refractivity contribution in [3.8, 4) is 0 Å². The lowest BCUT2D eigenvalue weighted by Gasteiger charge is -2.10. The van der Waals surface area contributed by atoms with Crippen LogP contribution in [-0.2, 0) is 4.79 Å². The van der Waals surface area contributed by atoms with Crippen molar-refractivity contribution in [3.63, 3.8) is 0 Å². The van der Waals surface area contributed by atoms with Crippen LogP contribution in [0, 0.1) is 0 Å². The number of hydrogen-bond acceptors (Lipinski definition) is 2. The Labute approximate surface area is 104 Å². The Morgan fingerprint density at radius 1 is 1.33 bits per heavy atom. The quantitative estimate of drug-likeness (QED) is 0.895. The first-order chi connectivity index (χ1) is 8.19. The average Bonchev–Trinajstić information content (AvgIpc) is 2.13. The summed E-state index contributed by atoms with van der Waals surface area (Å²) in [5.74, 6) is -2.73. The van der Waals surface area contributed by atoms with E-state index in [2.05, 4.69) is 0 Å². The van der Waals surface area contributed by atoms with Gasteiger partial charge in [0.15, 0.2) is 0 Å². The first-order valence-corrected chi connectivity index (χ1v) is 4.96. The number of amides is 1. The molecule has 98 valence electrons. The average molecular weight is 282 g/mol. The molecule has 0 saturated heterocycles. The second-order valence-corrected chi connectivity index (χ2v) is 3.77. The fraction of sp³-hybridized carbons (Fsp3) is 0.200. The molecule has 0 aliphatic rings. The van der Waals surface area contributed by atoms with Gasteiger partial charge < -0.3 is 10.4 Å². The molecular weight excluding hydrogens is 275 g/mol. The molecule has 0 atom stereocenters. The molecule has 2 N–H and O–H groups in total. The summed E-state index contributed by atoms with van der Waals surface area (Å²) < 4.78 is 35.8. The SMILES string of the molecule is O=C(CC(F)(F)F)Nc1cc(Cl)ccc1C(=O)O. The number of halogens is 4. The molecule has 0 fully saturated rings. The fourth-order valence-corrected chi connectivity index (χ4v) is 1.35. The van der Waals surface area contributed by atoms with E-state index in [1.54, 1.807) is 0 Å². The van der Waals surface area contributed by atoms with Gasteiger partial charge in [0.1, 0.15) is 6.42 Å². The van der Waals surface area contributed by atoms with E-state index in [1.807, 2.05) is 5.32 Å². The topological polar surface area (TPSA) is 66.4 Å². The predicted octanol–water partition coefficient (Wildman–Crippen LogP) is 2.93. The van der Waals surface area contributed by atoms with Gasteiger partial charge in [-0.1, -0.05) is 11.6 Å². The highest BCUT2D eigenvalue weighted by Crippen LogP contribution is 2.24. The monoisotopic (exact) mass is 281 g/mol. The van der Waals surface area contributed by atoms with Gasteiger partial charge in [-0.25, -0.2) is 4.79 Å². The number of nitrogens with one attached hydrogen (secondary N) is 1. The van der Waals surface area contributed by atoms with E-state index in [1.165, 1.54) is 6.07 Å². The molecule has 8 heteroatoms. The minimum atomic E-state index is -4.66. The van der Waals surface area contributed by atoms with Crippen LogP contribution in [-0.4, -0.2) is 23.2 Å². The maximum atomic E-state index is 11.9. The molecule has 0 unspecified atom stereocenters. The summed E-state index contributed by atoms with van der Waals surface area (Å²) in [6.07, 6.45) is -6.36. The summed E-state index contributed by atoms with van der Waals surface area (Å²) in [6.45, 7) is 0. The number of hydrogen-bond donors (Lipinski definition) is 2. The molecule has 0 aromatic heterocycles. The lowest BCUT2D eigenvalue weighted by Crippen LogP contribution is -2.22. The Balaban J connectivity index is 2.93. The molecular formula is C10H7ClF3NO3. The zero-order valence-electron chi connectivity index (χ0n) is 8.71. The third kappa shape index (κ3) is 4.25. The zero-order chi connectivity index (χ0) is 13.9. The Morgan fingerprint density at radius 3 is 2.44 bits per heavy atom. The van der Waals surface area contributed by atoms with Crippen LogP contribution in [0.15, 0.2) is 18.2 Å². The number of anilines is 1.